The first-order valence-corrected chi connectivity index (χ1v) is 3.80. The summed E-state index contributed by atoms with van der Waals surface area (Å²) in [4.78, 5) is 2.69. The van der Waals surface area contributed by atoms with Gasteiger partial charge in [0.1, 0.15) is 0 Å². The van der Waals surface area contributed by atoms with Gasteiger partial charge >= 0.3 is 71.7 Å². The second-order valence-corrected chi connectivity index (χ2v) is 2.62. The normalized spacial score (nSPS) is 20.9. The predicted octanol–water partition coefficient (Wildman–Crippen LogP) is 1.77. The SMILES string of the molecule is [B]=CC1C=CC(CN=[N+]=[N-])=CC1. The Hall–Kier alpha value is -1.28. The van der Waals surface area contributed by atoms with Crippen molar-refractivity contribution in [2.75, 3.05) is 6.54 Å². The maximum atomic E-state index is 8.08. The average Bonchev–Trinajstić information content (AvgIpc) is 2.15. The van der Waals surface area contributed by atoms with Crippen molar-refractivity contribution in [3.05, 3.63) is 34.2 Å². The Balaban J connectivity index is 2.51. The second-order valence-electron chi connectivity index (χ2n) is 2.62. The van der Waals surface area contributed by atoms with Crippen LogP contribution in [0.4, 0.5) is 0 Å². The van der Waals surface area contributed by atoms with Crippen LogP contribution in [0.3, 0.4) is 0 Å². The molecule has 0 bridgehead atoms. The molecule has 1 aliphatic carbocycles. The van der Waals surface area contributed by atoms with Crippen LogP contribution in [0.2, 0.25) is 0 Å². The van der Waals surface area contributed by atoms with E-state index in [-0.39, 0.29) is 0 Å². The number of rotatable bonds is 3. The van der Waals surface area contributed by atoms with E-state index in [9.17, 15) is 0 Å². The number of nitrogens with zero attached hydrogens (tertiary/aromatic N) is 3. The van der Waals surface area contributed by atoms with E-state index < -0.39 is 0 Å². The minimum absolute atomic E-state index is 0.333. The topological polar surface area (TPSA) is 48.8 Å². The molecule has 1 radical (unpaired) electrons. The van der Waals surface area contributed by atoms with Gasteiger partial charge in [-0.15, -0.1) is 0 Å². The zero-order valence-electron chi connectivity index (χ0n) is 6.72. The summed E-state index contributed by atoms with van der Waals surface area (Å²) in [5.41, 5.74) is 9.14. The molecule has 0 saturated carbocycles. The molecule has 12 heavy (non-hydrogen) atoms. The van der Waals surface area contributed by atoms with Gasteiger partial charge in [0.25, 0.3) is 0 Å². The molecule has 0 aromatic carbocycles. The van der Waals surface area contributed by atoms with E-state index in [2.05, 4.69) is 10.0 Å². The van der Waals surface area contributed by atoms with E-state index in [0.717, 1.165) is 12.0 Å². The fraction of sp³-hybridized carbons (Fsp3) is 0.375. The summed E-state index contributed by atoms with van der Waals surface area (Å²) in [6, 6.07) is 0. The van der Waals surface area contributed by atoms with Gasteiger partial charge in [0, 0.05) is 0 Å². The summed E-state index contributed by atoms with van der Waals surface area (Å²) in [7, 11) is 5.36. The van der Waals surface area contributed by atoms with Crippen LogP contribution in [0.1, 0.15) is 6.42 Å². The van der Waals surface area contributed by atoms with Crippen molar-refractivity contribution in [2.24, 2.45) is 11.0 Å². The Labute approximate surface area is 72.5 Å². The van der Waals surface area contributed by atoms with Crippen molar-refractivity contribution in [3.63, 3.8) is 0 Å². The Kier molecular flexibility index (Phi) is 3.36. The third-order valence-corrected chi connectivity index (χ3v) is 1.77. The molecule has 0 aromatic heterocycles. The van der Waals surface area contributed by atoms with Crippen molar-refractivity contribution in [2.45, 2.75) is 6.42 Å². The quantitative estimate of drug-likeness (QED) is 0.260. The monoisotopic (exact) mass is 158 g/mol. The van der Waals surface area contributed by atoms with E-state index in [1.165, 1.54) is 0 Å². The van der Waals surface area contributed by atoms with Gasteiger partial charge in [-0.25, -0.2) is 0 Å². The van der Waals surface area contributed by atoms with Gasteiger partial charge in [-0.05, 0) is 0 Å². The van der Waals surface area contributed by atoms with Gasteiger partial charge in [-0.3, -0.25) is 0 Å². The van der Waals surface area contributed by atoms with Gasteiger partial charge in [-0.2, -0.15) is 0 Å². The maximum absolute atomic E-state index is 8.08. The van der Waals surface area contributed by atoms with Crippen LogP contribution in [0.25, 0.3) is 10.4 Å². The predicted molar refractivity (Wildman–Crippen MR) is 51.2 cm³/mol. The molecule has 0 aromatic rings. The molecule has 1 unspecified atom stereocenters. The van der Waals surface area contributed by atoms with Crippen molar-refractivity contribution >= 4 is 13.5 Å². The number of allylic oxidation sites excluding steroid dienone is 2. The van der Waals surface area contributed by atoms with E-state index in [0.29, 0.717) is 12.5 Å². The Bertz CT molecular complexity index is 274. The minimum atomic E-state index is 0.333. The average molecular weight is 158 g/mol. The van der Waals surface area contributed by atoms with Crippen LogP contribution in [0.5, 0.6) is 0 Å². The molecule has 0 aliphatic heterocycles. The van der Waals surface area contributed by atoms with E-state index in [1.807, 2.05) is 18.2 Å². The first-order valence-electron chi connectivity index (χ1n) is 3.80. The molecule has 0 amide bonds. The van der Waals surface area contributed by atoms with Crippen molar-refractivity contribution in [1.82, 2.24) is 0 Å². The molecule has 1 aliphatic rings. The van der Waals surface area contributed by atoms with Crippen molar-refractivity contribution in [3.8, 4) is 0 Å². The van der Waals surface area contributed by atoms with Crippen molar-refractivity contribution < 1.29 is 0 Å². The molecule has 0 fully saturated rings. The zero-order chi connectivity index (χ0) is 8.81. The van der Waals surface area contributed by atoms with Gasteiger partial charge in [0.2, 0.25) is 0 Å². The summed E-state index contributed by atoms with van der Waals surface area (Å²) in [6.07, 6.45) is 6.92. The summed E-state index contributed by atoms with van der Waals surface area (Å²) in [6.45, 7) is 0.435. The summed E-state index contributed by atoms with van der Waals surface area (Å²) in [5, 5.41) is 3.47. The number of hydrogen-bond donors (Lipinski definition) is 0. The van der Waals surface area contributed by atoms with Gasteiger partial charge in [0.15, 0.2) is 0 Å². The Morgan fingerprint density at radius 2 is 2.67 bits per heavy atom. The molecule has 1 atom stereocenters. The summed E-state index contributed by atoms with van der Waals surface area (Å²) >= 11 is 0. The summed E-state index contributed by atoms with van der Waals surface area (Å²) < 4.78 is 0. The van der Waals surface area contributed by atoms with Crippen LogP contribution >= 0.6 is 0 Å². The third kappa shape index (κ3) is 2.40. The first kappa shape index (κ1) is 8.82. The van der Waals surface area contributed by atoms with Crippen molar-refractivity contribution in [1.29, 1.82) is 0 Å². The molecule has 59 valence electrons. The van der Waals surface area contributed by atoms with E-state index in [4.69, 9.17) is 13.0 Å². The van der Waals surface area contributed by atoms with Crippen LogP contribution in [-0.4, -0.2) is 20.0 Å². The molecule has 1 rings (SSSR count). The fourth-order valence-electron chi connectivity index (χ4n) is 1.05. The third-order valence-electron chi connectivity index (χ3n) is 1.77. The molecular weight excluding hydrogens is 149 g/mol. The standard InChI is InChI=1S/C8H9BN3/c9-5-7-1-3-8(4-2-7)6-11-12-10/h1,3-5,7H,2,6H2. The molecule has 3 nitrogen and oxygen atoms in total. The number of hydrogen-bond acceptors (Lipinski definition) is 1. The van der Waals surface area contributed by atoms with E-state index >= 15 is 0 Å². The molecule has 0 heterocycles. The van der Waals surface area contributed by atoms with Crippen LogP contribution in [-0.2, 0) is 0 Å². The zero-order valence-corrected chi connectivity index (χ0v) is 6.72. The fourth-order valence-corrected chi connectivity index (χ4v) is 1.05. The van der Waals surface area contributed by atoms with Crippen LogP contribution < -0.4 is 0 Å². The van der Waals surface area contributed by atoms with Crippen LogP contribution in [0, 0.1) is 5.92 Å². The van der Waals surface area contributed by atoms with E-state index in [1.54, 1.807) is 5.97 Å². The molecule has 0 spiro atoms. The van der Waals surface area contributed by atoms with Crippen LogP contribution in [0.15, 0.2) is 28.9 Å². The first-order chi connectivity index (χ1) is 5.86. The summed E-state index contributed by atoms with van der Waals surface area (Å²) in [5.74, 6) is 2.00. The van der Waals surface area contributed by atoms with Gasteiger partial charge in [-0.1, -0.05) is 0 Å². The molecule has 4 heteroatoms. The second kappa shape index (κ2) is 4.57. The Morgan fingerprint density at radius 3 is 3.17 bits per heavy atom. The number of azide groups is 1. The Morgan fingerprint density at radius 1 is 1.83 bits per heavy atom. The molecule has 0 saturated heterocycles. The molecule has 0 N–H and O–H groups in total. The van der Waals surface area contributed by atoms with Gasteiger partial charge < -0.3 is 0 Å². The van der Waals surface area contributed by atoms with Gasteiger partial charge in [0.05, 0.1) is 0 Å². The molecular formula is C8H9BN3.